The zero-order valence-electron chi connectivity index (χ0n) is 19.8. The van der Waals surface area contributed by atoms with Gasteiger partial charge in [-0.1, -0.05) is 0 Å². The number of likely N-dealkylation sites (tertiary alicyclic amines) is 1. The largest absolute Gasteiger partial charge is 0.346 e. The van der Waals surface area contributed by atoms with Crippen molar-refractivity contribution in [3.63, 3.8) is 0 Å². The highest BCUT2D eigenvalue weighted by molar-refractivity contribution is 7.09. The van der Waals surface area contributed by atoms with Gasteiger partial charge in [-0.2, -0.15) is 5.10 Å². The first-order chi connectivity index (χ1) is 16.4. The molecule has 1 fully saturated rings. The predicted octanol–water partition coefficient (Wildman–Crippen LogP) is 4.29. The average Bonchev–Trinajstić information content (AvgIpc) is 3.63. The van der Waals surface area contributed by atoms with E-state index in [1.807, 2.05) is 29.6 Å². The van der Waals surface area contributed by atoms with E-state index in [0.29, 0.717) is 6.54 Å². The maximum atomic E-state index is 12.4. The molecule has 0 aliphatic carbocycles. The van der Waals surface area contributed by atoms with Crippen LogP contribution in [0.4, 0.5) is 4.79 Å². The zero-order chi connectivity index (χ0) is 23.5. The standard InChI is InChI=1S/C25H29N7OS/c1-4-26-23(33)31-8-5-25(15-31)6-9-32-20(25)12-19(30-32)16-11-17-18(14-29-21(17)28-13-16)24(2,3)22-27-7-10-34-22/h7,10-14H,4-6,8-9,15H2,1-3H3,(H,26,33)(H,28,29). The van der Waals surface area contributed by atoms with Crippen LogP contribution in [0.1, 0.15) is 49.9 Å². The second-order valence-corrected chi connectivity index (χ2v) is 10.9. The Morgan fingerprint density at radius 2 is 2.12 bits per heavy atom. The molecule has 0 saturated carbocycles. The van der Waals surface area contributed by atoms with Crippen LogP contribution in [0.2, 0.25) is 0 Å². The summed E-state index contributed by atoms with van der Waals surface area (Å²) in [6.07, 6.45) is 7.83. The van der Waals surface area contributed by atoms with E-state index in [-0.39, 0.29) is 16.9 Å². The highest BCUT2D eigenvalue weighted by Gasteiger charge is 2.46. The molecule has 2 aliphatic heterocycles. The van der Waals surface area contributed by atoms with Crippen LogP contribution >= 0.6 is 11.3 Å². The number of fused-ring (bicyclic) bond motifs is 3. The number of aromatic nitrogens is 5. The SMILES string of the molecule is CCNC(=O)N1CCC2(CCn3nc(-c4cnc5[nH]cc(C(C)(C)c6nccs6)c5c4)cc32)C1. The molecule has 1 saturated heterocycles. The van der Waals surface area contributed by atoms with Crippen molar-refractivity contribution in [1.29, 1.82) is 0 Å². The van der Waals surface area contributed by atoms with Gasteiger partial charge in [0.1, 0.15) is 10.7 Å². The van der Waals surface area contributed by atoms with Crippen LogP contribution in [0, 0.1) is 0 Å². The second kappa shape index (κ2) is 7.66. The van der Waals surface area contributed by atoms with Crippen LogP contribution in [0.3, 0.4) is 0 Å². The Morgan fingerprint density at radius 3 is 2.91 bits per heavy atom. The Balaban J connectivity index is 1.34. The van der Waals surface area contributed by atoms with Gasteiger partial charge < -0.3 is 15.2 Å². The molecule has 6 rings (SSSR count). The van der Waals surface area contributed by atoms with Crippen molar-refractivity contribution in [1.82, 2.24) is 34.9 Å². The fourth-order valence-corrected chi connectivity index (χ4v) is 6.41. The quantitative estimate of drug-likeness (QED) is 0.461. The van der Waals surface area contributed by atoms with Gasteiger partial charge in [-0.3, -0.25) is 4.68 Å². The third kappa shape index (κ3) is 3.17. The van der Waals surface area contributed by atoms with E-state index >= 15 is 0 Å². The smallest absolute Gasteiger partial charge is 0.317 e. The molecule has 4 aromatic heterocycles. The van der Waals surface area contributed by atoms with Crippen molar-refractivity contribution in [3.05, 3.63) is 52.4 Å². The molecule has 4 aromatic rings. The number of aromatic amines is 1. The van der Waals surface area contributed by atoms with Crippen LogP contribution in [0.25, 0.3) is 22.3 Å². The van der Waals surface area contributed by atoms with Gasteiger partial charge in [0.15, 0.2) is 0 Å². The van der Waals surface area contributed by atoms with Crippen molar-refractivity contribution in [2.24, 2.45) is 0 Å². The lowest BCUT2D eigenvalue weighted by Gasteiger charge is -2.23. The number of thiazole rings is 1. The minimum absolute atomic E-state index is 0.0000614. The fraction of sp³-hybridized carbons (Fsp3) is 0.440. The Bertz CT molecular complexity index is 1370. The van der Waals surface area contributed by atoms with Gasteiger partial charge in [-0.15, -0.1) is 11.3 Å². The number of amides is 2. The highest BCUT2D eigenvalue weighted by Crippen LogP contribution is 2.44. The zero-order valence-corrected chi connectivity index (χ0v) is 20.6. The number of urea groups is 1. The summed E-state index contributed by atoms with van der Waals surface area (Å²) in [5.41, 5.74) is 5.03. The molecule has 34 heavy (non-hydrogen) atoms. The molecular weight excluding hydrogens is 446 g/mol. The number of nitrogens with one attached hydrogen (secondary N) is 2. The molecule has 1 atom stereocenters. The Kier molecular flexibility index (Phi) is 4.81. The minimum atomic E-state index is -0.223. The number of hydrogen-bond donors (Lipinski definition) is 2. The summed E-state index contributed by atoms with van der Waals surface area (Å²) in [7, 11) is 0. The molecule has 176 valence electrons. The van der Waals surface area contributed by atoms with Gasteiger partial charge in [0.05, 0.1) is 5.69 Å². The minimum Gasteiger partial charge on any atom is -0.346 e. The number of hydrogen-bond acceptors (Lipinski definition) is 5. The van der Waals surface area contributed by atoms with E-state index in [1.54, 1.807) is 11.3 Å². The second-order valence-electron chi connectivity index (χ2n) is 9.96. The first-order valence-corrected chi connectivity index (χ1v) is 12.8. The van der Waals surface area contributed by atoms with Gasteiger partial charge in [-0.05, 0) is 51.3 Å². The molecule has 1 spiro atoms. The number of rotatable bonds is 4. The van der Waals surface area contributed by atoms with Gasteiger partial charge >= 0.3 is 6.03 Å². The van der Waals surface area contributed by atoms with E-state index < -0.39 is 0 Å². The molecular formula is C25H29N7OS. The number of nitrogens with zero attached hydrogens (tertiary/aromatic N) is 5. The van der Waals surface area contributed by atoms with Crippen molar-refractivity contribution in [3.8, 4) is 11.3 Å². The van der Waals surface area contributed by atoms with Gasteiger partial charge in [0, 0.05) is 77.6 Å². The highest BCUT2D eigenvalue weighted by atomic mass is 32.1. The van der Waals surface area contributed by atoms with E-state index in [0.717, 1.165) is 59.8 Å². The van der Waals surface area contributed by atoms with Crippen LogP contribution in [0.5, 0.6) is 0 Å². The van der Waals surface area contributed by atoms with Crippen molar-refractivity contribution in [2.45, 2.75) is 51.0 Å². The summed E-state index contributed by atoms with van der Waals surface area (Å²) in [5.74, 6) is 0. The van der Waals surface area contributed by atoms with Crippen LogP contribution in [-0.4, -0.2) is 55.3 Å². The average molecular weight is 476 g/mol. The Hall–Kier alpha value is -3.20. The molecule has 2 aliphatic rings. The lowest BCUT2D eigenvalue weighted by atomic mass is 9.82. The lowest BCUT2D eigenvalue weighted by Crippen LogP contribution is -2.40. The number of carbonyl (C=O) groups is 1. The topological polar surface area (TPSA) is 91.7 Å². The molecule has 0 bridgehead atoms. The summed E-state index contributed by atoms with van der Waals surface area (Å²) in [6, 6.07) is 4.45. The first-order valence-electron chi connectivity index (χ1n) is 11.9. The third-order valence-electron chi connectivity index (χ3n) is 7.56. The molecule has 2 N–H and O–H groups in total. The number of pyridine rings is 1. The van der Waals surface area contributed by atoms with Crippen LogP contribution in [0.15, 0.2) is 36.1 Å². The van der Waals surface area contributed by atoms with E-state index in [2.05, 4.69) is 52.1 Å². The summed E-state index contributed by atoms with van der Waals surface area (Å²) < 4.78 is 2.14. The van der Waals surface area contributed by atoms with Crippen molar-refractivity contribution < 1.29 is 4.79 Å². The van der Waals surface area contributed by atoms with Gasteiger partial charge in [0.2, 0.25) is 0 Å². The fourth-order valence-electron chi connectivity index (χ4n) is 5.63. The van der Waals surface area contributed by atoms with E-state index in [9.17, 15) is 4.79 Å². The maximum Gasteiger partial charge on any atom is 0.317 e. The van der Waals surface area contributed by atoms with Gasteiger partial charge in [0.25, 0.3) is 0 Å². The van der Waals surface area contributed by atoms with E-state index in [4.69, 9.17) is 10.1 Å². The van der Waals surface area contributed by atoms with Crippen LogP contribution in [-0.2, 0) is 17.4 Å². The normalized spacial score (nSPS) is 19.9. The summed E-state index contributed by atoms with van der Waals surface area (Å²) in [6.45, 7) is 9.46. The van der Waals surface area contributed by atoms with Crippen molar-refractivity contribution >= 4 is 28.4 Å². The number of aryl methyl sites for hydroxylation is 1. The molecule has 6 heterocycles. The molecule has 0 radical (unpaired) electrons. The summed E-state index contributed by atoms with van der Waals surface area (Å²) in [5, 5.41) is 12.1. The summed E-state index contributed by atoms with van der Waals surface area (Å²) in [4.78, 5) is 27.0. The molecule has 8 nitrogen and oxygen atoms in total. The number of H-pyrrole nitrogens is 1. The monoisotopic (exact) mass is 475 g/mol. The van der Waals surface area contributed by atoms with Crippen LogP contribution < -0.4 is 5.32 Å². The maximum absolute atomic E-state index is 12.4. The predicted molar refractivity (Wildman–Crippen MR) is 133 cm³/mol. The molecule has 0 aromatic carbocycles. The van der Waals surface area contributed by atoms with Gasteiger partial charge in [-0.25, -0.2) is 14.8 Å². The van der Waals surface area contributed by atoms with Crippen molar-refractivity contribution in [2.75, 3.05) is 19.6 Å². The lowest BCUT2D eigenvalue weighted by molar-refractivity contribution is 0.206. The van der Waals surface area contributed by atoms with E-state index in [1.165, 1.54) is 11.3 Å². The number of carbonyl (C=O) groups excluding carboxylic acids is 1. The first kappa shape index (κ1) is 21.3. The Labute approximate surface area is 202 Å². The molecule has 9 heteroatoms. The summed E-state index contributed by atoms with van der Waals surface area (Å²) >= 11 is 1.68. The third-order valence-corrected chi connectivity index (χ3v) is 8.66. The molecule has 1 unspecified atom stereocenters. The molecule has 2 amide bonds. The Morgan fingerprint density at radius 1 is 1.26 bits per heavy atom.